The standard InChI is InChI=1S/C62H36N4S2/c1-3-16-39(17-4-1)56-36-51-61(68-56)58(41-29-33-55-50(35-41)46-22-11-12-25-54(46)67-55)64-62(63-51)66-52-31-28-40(34-49(52)47-30-26-38-15-8-10-21-44(38)59(47)66)45-23-13-24-48-57-43-20-9-7-14-37(43)27-32-53(57)65(60(45)48)42-18-5-2-6-19-42/h1-36H. The second kappa shape index (κ2) is 14.5. The highest BCUT2D eigenvalue weighted by Crippen LogP contribution is 2.46. The van der Waals surface area contributed by atoms with Crippen LogP contribution in [-0.4, -0.2) is 19.1 Å². The van der Waals surface area contributed by atoms with Gasteiger partial charge in [0.2, 0.25) is 5.95 Å². The van der Waals surface area contributed by atoms with Crippen LogP contribution in [0.1, 0.15) is 0 Å². The zero-order valence-corrected chi connectivity index (χ0v) is 38.0. The number of aromatic nitrogens is 4. The molecule has 0 radical (unpaired) electrons. The monoisotopic (exact) mass is 900 g/mol. The summed E-state index contributed by atoms with van der Waals surface area (Å²) in [6.07, 6.45) is 0. The molecule has 15 aromatic rings. The quantitative estimate of drug-likeness (QED) is 0.173. The van der Waals surface area contributed by atoms with Crippen molar-refractivity contribution in [2.45, 2.75) is 0 Å². The summed E-state index contributed by atoms with van der Waals surface area (Å²) in [4.78, 5) is 12.4. The van der Waals surface area contributed by atoms with Crippen LogP contribution >= 0.6 is 22.7 Å². The summed E-state index contributed by atoms with van der Waals surface area (Å²) in [5, 5.41) is 12.2. The maximum Gasteiger partial charge on any atom is 0.235 e. The van der Waals surface area contributed by atoms with Gasteiger partial charge in [-0.3, -0.25) is 4.57 Å². The Morgan fingerprint density at radius 3 is 1.91 bits per heavy atom. The van der Waals surface area contributed by atoms with E-state index in [0.717, 1.165) is 59.9 Å². The van der Waals surface area contributed by atoms with Gasteiger partial charge in [-0.2, -0.15) is 0 Å². The van der Waals surface area contributed by atoms with E-state index >= 15 is 0 Å². The number of hydrogen-bond acceptors (Lipinski definition) is 4. The van der Waals surface area contributed by atoms with E-state index in [1.807, 2.05) is 11.3 Å². The topological polar surface area (TPSA) is 35.6 Å². The predicted octanol–water partition coefficient (Wildman–Crippen LogP) is 17.6. The first-order valence-corrected chi connectivity index (χ1v) is 24.6. The molecule has 68 heavy (non-hydrogen) atoms. The van der Waals surface area contributed by atoms with Gasteiger partial charge in [-0.15, -0.1) is 22.7 Å². The molecule has 0 atom stereocenters. The van der Waals surface area contributed by atoms with E-state index in [2.05, 4.69) is 228 Å². The molecule has 15 rings (SSSR count). The fourth-order valence-corrected chi connectivity index (χ4v) is 13.1. The summed E-state index contributed by atoms with van der Waals surface area (Å²) >= 11 is 3.61. The molecule has 0 saturated carbocycles. The summed E-state index contributed by atoms with van der Waals surface area (Å²) in [5.74, 6) is 0.655. The Labute approximate surface area is 397 Å². The number of fused-ring (bicyclic) bond motifs is 14. The summed E-state index contributed by atoms with van der Waals surface area (Å²) in [7, 11) is 0. The molecule has 0 bridgehead atoms. The lowest BCUT2D eigenvalue weighted by Gasteiger charge is -2.13. The lowest BCUT2D eigenvalue weighted by Crippen LogP contribution is -2.03. The Kier molecular flexibility index (Phi) is 8.07. The lowest BCUT2D eigenvalue weighted by molar-refractivity contribution is 1.02. The molecule has 5 heterocycles. The van der Waals surface area contributed by atoms with Gasteiger partial charge >= 0.3 is 0 Å². The number of hydrogen-bond donors (Lipinski definition) is 0. The first-order valence-electron chi connectivity index (χ1n) is 23.0. The third kappa shape index (κ3) is 5.53. The van der Waals surface area contributed by atoms with E-state index in [9.17, 15) is 0 Å². The molecule has 0 saturated heterocycles. The Balaban J connectivity index is 1.02. The van der Waals surface area contributed by atoms with Crippen LogP contribution in [0, 0.1) is 0 Å². The second-order valence-electron chi connectivity index (χ2n) is 17.7. The highest BCUT2D eigenvalue weighted by atomic mass is 32.1. The third-order valence-electron chi connectivity index (χ3n) is 13.9. The van der Waals surface area contributed by atoms with Crippen molar-refractivity contribution in [1.29, 1.82) is 0 Å². The number of nitrogens with zero attached hydrogens (tertiary/aromatic N) is 4. The zero-order chi connectivity index (χ0) is 44.5. The van der Waals surface area contributed by atoms with Gasteiger partial charge in [-0.25, -0.2) is 9.97 Å². The first kappa shape index (κ1) is 37.8. The Morgan fingerprint density at radius 1 is 0.368 bits per heavy atom. The van der Waals surface area contributed by atoms with Crippen LogP contribution in [0.3, 0.4) is 0 Å². The molecule has 316 valence electrons. The lowest BCUT2D eigenvalue weighted by atomic mass is 9.98. The van der Waals surface area contributed by atoms with Gasteiger partial charge in [0, 0.05) is 68.8 Å². The highest BCUT2D eigenvalue weighted by Gasteiger charge is 2.24. The molecular formula is C62H36N4S2. The van der Waals surface area contributed by atoms with Crippen LogP contribution in [0.2, 0.25) is 0 Å². The van der Waals surface area contributed by atoms with Crippen molar-refractivity contribution in [3.05, 3.63) is 218 Å². The maximum absolute atomic E-state index is 5.68. The van der Waals surface area contributed by atoms with Crippen LogP contribution in [0.4, 0.5) is 0 Å². The number of thiophene rings is 2. The van der Waals surface area contributed by atoms with Crippen molar-refractivity contribution in [1.82, 2.24) is 19.1 Å². The molecule has 10 aromatic carbocycles. The summed E-state index contributed by atoms with van der Waals surface area (Å²) in [6, 6.07) is 79.6. The van der Waals surface area contributed by atoms with Crippen molar-refractivity contribution in [3.8, 4) is 44.5 Å². The molecule has 0 aliphatic heterocycles. The van der Waals surface area contributed by atoms with Crippen LogP contribution in [0.5, 0.6) is 0 Å². The molecule has 0 aliphatic rings. The van der Waals surface area contributed by atoms with E-state index in [4.69, 9.17) is 9.97 Å². The zero-order valence-electron chi connectivity index (χ0n) is 36.4. The van der Waals surface area contributed by atoms with Crippen LogP contribution < -0.4 is 0 Å². The average Bonchev–Trinajstić information content (AvgIpc) is 4.18. The van der Waals surface area contributed by atoms with E-state index in [0.29, 0.717) is 5.95 Å². The molecule has 6 heteroatoms. The fraction of sp³-hybridized carbons (Fsp3) is 0. The number of rotatable bonds is 5. The van der Waals surface area contributed by atoms with E-state index < -0.39 is 0 Å². The molecule has 0 fully saturated rings. The molecular weight excluding hydrogens is 865 g/mol. The van der Waals surface area contributed by atoms with E-state index in [1.54, 1.807) is 11.3 Å². The SMILES string of the molecule is c1ccc(-c2cc3nc(-n4c5ccc(-c6cccc7c8c9ccccc9ccc8n(-c8ccccc8)c67)cc5c5ccc6ccccc6c54)nc(-c4ccc5sc6ccccc6c5c4)c3s2)cc1. The predicted molar refractivity (Wildman–Crippen MR) is 290 cm³/mol. The average molecular weight is 901 g/mol. The number of benzene rings is 10. The van der Waals surface area contributed by atoms with Gasteiger partial charge in [0.25, 0.3) is 0 Å². The van der Waals surface area contributed by atoms with E-state index in [1.165, 1.54) is 74.1 Å². The molecule has 0 aliphatic carbocycles. The highest BCUT2D eigenvalue weighted by molar-refractivity contribution is 7.25. The molecule has 0 N–H and O–H groups in total. The van der Waals surface area contributed by atoms with Gasteiger partial charge in [0.05, 0.1) is 38.0 Å². The summed E-state index contributed by atoms with van der Waals surface area (Å²) in [5.41, 5.74) is 12.1. The minimum atomic E-state index is 0.655. The Hall–Kier alpha value is -8.42. The van der Waals surface area contributed by atoms with Crippen molar-refractivity contribution < 1.29 is 0 Å². The molecule has 0 unspecified atom stereocenters. The van der Waals surface area contributed by atoms with Crippen molar-refractivity contribution >= 4 is 118 Å². The third-order valence-corrected chi connectivity index (χ3v) is 16.3. The molecule has 5 aromatic heterocycles. The van der Waals surface area contributed by atoms with Crippen molar-refractivity contribution in [2.24, 2.45) is 0 Å². The maximum atomic E-state index is 5.68. The molecule has 0 amide bonds. The van der Waals surface area contributed by atoms with Crippen molar-refractivity contribution in [3.63, 3.8) is 0 Å². The Morgan fingerprint density at radius 2 is 1.04 bits per heavy atom. The van der Waals surface area contributed by atoms with Gasteiger partial charge in [0.1, 0.15) is 0 Å². The summed E-state index contributed by atoms with van der Waals surface area (Å²) in [6.45, 7) is 0. The normalized spacial score (nSPS) is 12.1. The largest absolute Gasteiger partial charge is 0.309 e. The van der Waals surface area contributed by atoms with Gasteiger partial charge in [-0.05, 0) is 81.9 Å². The van der Waals surface area contributed by atoms with Gasteiger partial charge < -0.3 is 4.57 Å². The van der Waals surface area contributed by atoms with Crippen LogP contribution in [0.15, 0.2) is 218 Å². The summed E-state index contributed by atoms with van der Waals surface area (Å²) < 4.78 is 8.42. The first-order chi connectivity index (χ1) is 33.7. The molecule has 4 nitrogen and oxygen atoms in total. The van der Waals surface area contributed by atoms with Gasteiger partial charge in [-0.1, -0.05) is 164 Å². The second-order valence-corrected chi connectivity index (χ2v) is 19.8. The van der Waals surface area contributed by atoms with E-state index in [-0.39, 0.29) is 0 Å². The van der Waals surface area contributed by atoms with Crippen molar-refractivity contribution in [2.75, 3.05) is 0 Å². The smallest absolute Gasteiger partial charge is 0.235 e. The van der Waals surface area contributed by atoms with Crippen LogP contribution in [-0.2, 0) is 0 Å². The van der Waals surface area contributed by atoms with Crippen LogP contribution in [0.25, 0.3) is 140 Å². The Bertz CT molecular complexity index is 4560. The number of para-hydroxylation sites is 2. The fourth-order valence-electron chi connectivity index (χ4n) is 10.9. The van der Waals surface area contributed by atoms with Gasteiger partial charge in [0.15, 0.2) is 0 Å². The minimum absolute atomic E-state index is 0.655. The molecule has 0 spiro atoms. The minimum Gasteiger partial charge on any atom is -0.309 e.